The van der Waals surface area contributed by atoms with Crippen LogP contribution >= 0.6 is 0 Å². The summed E-state index contributed by atoms with van der Waals surface area (Å²) >= 11 is 0. The highest BCUT2D eigenvalue weighted by molar-refractivity contribution is 5.99. The van der Waals surface area contributed by atoms with Crippen molar-refractivity contribution in [2.24, 2.45) is 11.8 Å². The number of amides is 2. The van der Waals surface area contributed by atoms with Crippen LogP contribution in [0.5, 0.6) is 5.75 Å². The van der Waals surface area contributed by atoms with E-state index in [4.69, 9.17) is 4.74 Å². The van der Waals surface area contributed by atoms with Gasteiger partial charge in [-0.15, -0.1) is 5.10 Å². The first kappa shape index (κ1) is 27.0. The van der Waals surface area contributed by atoms with Crippen LogP contribution in [0.1, 0.15) is 56.3 Å². The Bertz CT molecular complexity index is 1040. The van der Waals surface area contributed by atoms with Crippen LogP contribution in [0.15, 0.2) is 24.5 Å². The molecule has 1 aromatic carbocycles. The number of anilines is 1. The Morgan fingerprint density at radius 1 is 1.27 bits per heavy atom. The van der Waals surface area contributed by atoms with Gasteiger partial charge in [-0.2, -0.15) is 0 Å². The number of aliphatic hydroxyl groups is 1. The summed E-state index contributed by atoms with van der Waals surface area (Å²) in [4.78, 5) is 30.1. The summed E-state index contributed by atoms with van der Waals surface area (Å²) in [6, 6.07) is 4.77. The van der Waals surface area contributed by atoms with Crippen LogP contribution in [0.25, 0.3) is 0 Å². The van der Waals surface area contributed by atoms with Crippen LogP contribution in [0, 0.1) is 11.8 Å². The van der Waals surface area contributed by atoms with Crippen molar-refractivity contribution in [2.75, 3.05) is 38.6 Å². The number of aromatic nitrogens is 4. The van der Waals surface area contributed by atoms with E-state index in [0.29, 0.717) is 23.5 Å². The lowest BCUT2D eigenvalue weighted by molar-refractivity contribution is -0.116. The predicted molar refractivity (Wildman–Crippen MR) is 138 cm³/mol. The van der Waals surface area contributed by atoms with Crippen LogP contribution in [0.2, 0.25) is 0 Å². The molecule has 202 valence electrons. The van der Waals surface area contributed by atoms with E-state index in [1.807, 2.05) is 6.92 Å². The molecule has 0 unspecified atom stereocenters. The number of hydrogen-bond acceptors (Lipinski definition) is 8. The standard InChI is InChI=1S/C26H39N7O4/c1-18-12-33(19(2)16-34)26(36)22-11-21(28-25(35)15-32-17-27-29-30-32)9-10-23(22)37-24(18)14-31(3)13-20-7-5-4-6-8-20/h9-11,17-20,24,34H,4-8,12-16H2,1-3H3,(H,28,35)/t18-,19+,24-/m0/s1. The summed E-state index contributed by atoms with van der Waals surface area (Å²) < 4.78 is 7.81. The summed E-state index contributed by atoms with van der Waals surface area (Å²) in [5.41, 5.74) is 0.845. The third kappa shape index (κ3) is 7.04. The van der Waals surface area contributed by atoms with Crippen molar-refractivity contribution in [1.29, 1.82) is 0 Å². The topological polar surface area (TPSA) is 126 Å². The van der Waals surface area contributed by atoms with Crippen molar-refractivity contribution in [1.82, 2.24) is 30.0 Å². The zero-order valence-electron chi connectivity index (χ0n) is 22.0. The Morgan fingerprint density at radius 3 is 2.76 bits per heavy atom. The highest BCUT2D eigenvalue weighted by Crippen LogP contribution is 2.31. The molecule has 1 aliphatic heterocycles. The van der Waals surface area contributed by atoms with Crippen molar-refractivity contribution in [3.05, 3.63) is 30.1 Å². The number of ether oxygens (including phenoxy) is 1. The summed E-state index contributed by atoms with van der Waals surface area (Å²) in [6.45, 7) is 6.02. The van der Waals surface area contributed by atoms with E-state index < -0.39 is 0 Å². The smallest absolute Gasteiger partial charge is 0.258 e. The van der Waals surface area contributed by atoms with Crippen molar-refractivity contribution in [3.8, 4) is 5.75 Å². The average molecular weight is 514 g/mol. The number of hydrogen-bond donors (Lipinski definition) is 2. The fourth-order valence-corrected chi connectivity index (χ4v) is 5.31. The lowest BCUT2D eigenvalue weighted by Crippen LogP contribution is -2.50. The Labute approximate surface area is 218 Å². The molecular formula is C26H39N7O4. The lowest BCUT2D eigenvalue weighted by Gasteiger charge is -2.38. The molecule has 2 heterocycles. The van der Waals surface area contributed by atoms with Gasteiger partial charge in [0.15, 0.2) is 0 Å². The maximum atomic E-state index is 13.6. The minimum Gasteiger partial charge on any atom is -0.488 e. The van der Waals surface area contributed by atoms with Crippen LogP contribution in [0.3, 0.4) is 0 Å². The minimum atomic E-state index is -0.348. The van der Waals surface area contributed by atoms with Crippen LogP contribution in [-0.4, -0.2) is 92.4 Å². The number of nitrogens with zero attached hydrogens (tertiary/aromatic N) is 6. The highest BCUT2D eigenvalue weighted by atomic mass is 16.5. The molecule has 11 nitrogen and oxygen atoms in total. The molecule has 11 heteroatoms. The van der Waals surface area contributed by atoms with Crippen LogP contribution in [-0.2, 0) is 11.3 Å². The van der Waals surface area contributed by atoms with Crippen LogP contribution < -0.4 is 10.1 Å². The van der Waals surface area contributed by atoms with E-state index >= 15 is 0 Å². The number of nitrogens with one attached hydrogen (secondary N) is 1. The second-order valence-corrected chi connectivity index (χ2v) is 10.6. The van der Waals surface area contributed by atoms with Gasteiger partial charge in [-0.25, -0.2) is 4.68 Å². The average Bonchev–Trinajstić information content (AvgIpc) is 3.39. The number of benzene rings is 1. The fourth-order valence-electron chi connectivity index (χ4n) is 5.31. The number of likely N-dealkylation sites (N-methyl/N-ethyl adjacent to an activating group) is 1. The zero-order chi connectivity index (χ0) is 26.4. The van der Waals surface area contributed by atoms with E-state index in [1.165, 1.54) is 43.1 Å². The van der Waals surface area contributed by atoms with E-state index in [9.17, 15) is 14.7 Å². The summed E-state index contributed by atoms with van der Waals surface area (Å²) in [5, 5.41) is 23.4. The summed E-state index contributed by atoms with van der Waals surface area (Å²) in [5.74, 6) is 0.732. The Morgan fingerprint density at radius 2 is 2.05 bits per heavy atom. The Kier molecular flexibility index (Phi) is 9.09. The van der Waals surface area contributed by atoms with E-state index in [1.54, 1.807) is 23.1 Å². The SMILES string of the molecule is C[C@H](CO)N1C[C@H](C)[C@H](CN(C)CC2CCCCC2)Oc2ccc(NC(=O)Cn3cnnn3)cc2C1=O. The van der Waals surface area contributed by atoms with Gasteiger partial charge in [0.1, 0.15) is 24.7 Å². The maximum absolute atomic E-state index is 13.6. The van der Waals surface area contributed by atoms with Gasteiger partial charge in [0.05, 0.1) is 18.2 Å². The van der Waals surface area contributed by atoms with Gasteiger partial charge in [0.25, 0.3) is 5.91 Å². The van der Waals surface area contributed by atoms with E-state index in [-0.39, 0.29) is 43.0 Å². The zero-order valence-corrected chi connectivity index (χ0v) is 22.0. The molecule has 3 atom stereocenters. The second kappa shape index (κ2) is 12.5. The quantitative estimate of drug-likeness (QED) is 0.522. The van der Waals surface area contributed by atoms with Gasteiger partial charge in [0, 0.05) is 31.2 Å². The molecule has 2 amide bonds. The molecule has 0 radical (unpaired) electrons. The molecule has 2 aliphatic rings. The van der Waals surface area contributed by atoms with Gasteiger partial charge in [-0.1, -0.05) is 26.2 Å². The molecule has 1 saturated carbocycles. The molecule has 0 bridgehead atoms. The molecular weight excluding hydrogens is 474 g/mol. The summed E-state index contributed by atoms with van der Waals surface area (Å²) in [6.07, 6.45) is 7.76. The fraction of sp³-hybridized carbons (Fsp3) is 0.654. The Balaban J connectivity index is 1.53. The van der Waals surface area contributed by atoms with Crippen molar-refractivity contribution >= 4 is 17.5 Å². The number of aliphatic hydroxyl groups excluding tert-OH is 1. The molecule has 2 aromatic rings. The Hall–Kier alpha value is -3.05. The molecule has 2 N–H and O–H groups in total. The first-order valence-corrected chi connectivity index (χ1v) is 13.3. The van der Waals surface area contributed by atoms with Gasteiger partial charge >= 0.3 is 0 Å². The van der Waals surface area contributed by atoms with Crippen molar-refractivity contribution in [3.63, 3.8) is 0 Å². The van der Waals surface area contributed by atoms with Crippen molar-refractivity contribution < 1.29 is 19.4 Å². The lowest BCUT2D eigenvalue weighted by atomic mass is 9.89. The predicted octanol–water partition coefficient (Wildman–Crippen LogP) is 2.04. The molecule has 0 saturated heterocycles. The number of carbonyl (C=O) groups excluding carboxylic acids is 2. The van der Waals surface area contributed by atoms with Crippen molar-refractivity contribution in [2.45, 2.75) is 64.6 Å². The van der Waals surface area contributed by atoms with E-state index in [0.717, 1.165) is 19.0 Å². The molecule has 37 heavy (non-hydrogen) atoms. The first-order chi connectivity index (χ1) is 17.8. The van der Waals surface area contributed by atoms with E-state index in [2.05, 4.69) is 39.7 Å². The van der Waals surface area contributed by atoms with Gasteiger partial charge in [-0.05, 0) is 61.4 Å². The number of tetrazole rings is 1. The molecule has 1 aliphatic carbocycles. The molecule has 1 fully saturated rings. The largest absolute Gasteiger partial charge is 0.488 e. The molecule has 1 aromatic heterocycles. The third-order valence-corrected chi connectivity index (χ3v) is 7.43. The number of fused-ring (bicyclic) bond motifs is 1. The normalized spacial score (nSPS) is 21.6. The first-order valence-electron chi connectivity index (χ1n) is 13.3. The monoisotopic (exact) mass is 513 g/mol. The third-order valence-electron chi connectivity index (χ3n) is 7.43. The second-order valence-electron chi connectivity index (χ2n) is 10.6. The number of rotatable bonds is 9. The van der Waals surface area contributed by atoms with Crippen LogP contribution in [0.4, 0.5) is 5.69 Å². The number of carbonyl (C=O) groups is 2. The van der Waals surface area contributed by atoms with Gasteiger partial charge in [-0.3, -0.25) is 9.59 Å². The maximum Gasteiger partial charge on any atom is 0.258 e. The van der Waals surface area contributed by atoms with Gasteiger partial charge < -0.3 is 25.0 Å². The highest BCUT2D eigenvalue weighted by Gasteiger charge is 2.34. The summed E-state index contributed by atoms with van der Waals surface area (Å²) in [7, 11) is 2.15. The minimum absolute atomic E-state index is 0.0465. The van der Waals surface area contributed by atoms with Gasteiger partial charge in [0.2, 0.25) is 5.91 Å². The molecule has 0 spiro atoms. The molecule has 4 rings (SSSR count).